The van der Waals surface area contributed by atoms with E-state index in [1.165, 1.54) is 22.3 Å². The topological polar surface area (TPSA) is 17.0 Å². The fraction of sp³-hybridized carbons (Fsp3) is 0.167. The van der Waals surface area contributed by atoms with Crippen LogP contribution in [0, 0.1) is 0 Å². The molecule has 0 unspecified atom stereocenters. The van der Waals surface area contributed by atoms with Gasteiger partial charge in [-0.15, -0.1) is 0 Å². The van der Waals surface area contributed by atoms with Gasteiger partial charge < -0.3 is 9.88 Å². The Bertz CT molecular complexity index is 520. The van der Waals surface area contributed by atoms with Crippen LogP contribution in [0.5, 0.6) is 0 Å². The molecule has 0 atom stereocenters. The number of rotatable bonds is 0. The van der Waals surface area contributed by atoms with Gasteiger partial charge in [-0.05, 0) is 6.07 Å². The molecular weight excluding hydrogens is 172 g/mol. The summed E-state index contributed by atoms with van der Waals surface area (Å²) in [5.41, 5.74) is 2.60. The Labute approximate surface area is 82.8 Å². The number of fused-ring (bicyclic) bond motifs is 3. The van der Waals surface area contributed by atoms with Gasteiger partial charge in [0.15, 0.2) is 0 Å². The molecule has 70 valence electrons. The van der Waals surface area contributed by atoms with E-state index in [4.69, 9.17) is 0 Å². The lowest BCUT2D eigenvalue weighted by molar-refractivity contribution is 0.961. The van der Waals surface area contributed by atoms with E-state index in [1.54, 1.807) is 0 Å². The molecule has 1 aromatic heterocycles. The maximum atomic E-state index is 3.40. The number of anilines is 1. The van der Waals surface area contributed by atoms with Crippen molar-refractivity contribution in [3.63, 3.8) is 0 Å². The van der Waals surface area contributed by atoms with E-state index in [-0.39, 0.29) is 0 Å². The first-order valence-corrected chi connectivity index (χ1v) is 4.86. The third kappa shape index (κ3) is 0.854. The van der Waals surface area contributed by atoms with Crippen LogP contribution in [-0.2, 0) is 7.05 Å². The monoisotopic (exact) mass is 184 g/mol. The van der Waals surface area contributed by atoms with E-state index in [9.17, 15) is 0 Å². The molecule has 0 radical (unpaired) electrons. The molecular formula is C12H12N2. The highest BCUT2D eigenvalue weighted by atomic mass is 15.1. The van der Waals surface area contributed by atoms with Crippen LogP contribution >= 0.6 is 0 Å². The molecule has 0 amide bonds. The molecule has 2 nitrogen and oxygen atoms in total. The normalized spacial score (nSPS) is 14.1. The van der Waals surface area contributed by atoms with Crippen molar-refractivity contribution in [3.05, 3.63) is 35.9 Å². The fourth-order valence-electron chi connectivity index (χ4n) is 2.14. The minimum absolute atomic E-state index is 0.928. The zero-order valence-corrected chi connectivity index (χ0v) is 8.12. The lowest BCUT2D eigenvalue weighted by Gasteiger charge is -2.10. The van der Waals surface area contributed by atoms with Crippen molar-refractivity contribution in [2.45, 2.75) is 0 Å². The van der Waals surface area contributed by atoms with Crippen LogP contribution in [0.25, 0.3) is 17.0 Å². The van der Waals surface area contributed by atoms with Crippen molar-refractivity contribution in [1.82, 2.24) is 4.57 Å². The molecule has 1 N–H and O–H groups in total. The third-order valence-electron chi connectivity index (χ3n) is 2.82. The highest BCUT2D eigenvalue weighted by Crippen LogP contribution is 2.31. The van der Waals surface area contributed by atoms with Gasteiger partial charge >= 0.3 is 0 Å². The van der Waals surface area contributed by atoms with Crippen LogP contribution < -0.4 is 5.32 Å². The summed E-state index contributed by atoms with van der Waals surface area (Å²) in [6.45, 7) is 0.928. The first-order chi connectivity index (χ1) is 6.88. The molecule has 1 aliphatic rings. The lowest BCUT2D eigenvalue weighted by atomic mass is 10.1. The Balaban J connectivity index is 2.48. The van der Waals surface area contributed by atoms with Gasteiger partial charge in [-0.1, -0.05) is 30.4 Å². The molecule has 3 rings (SSSR count). The van der Waals surface area contributed by atoms with Gasteiger partial charge in [-0.2, -0.15) is 0 Å². The molecule has 1 aromatic carbocycles. The van der Waals surface area contributed by atoms with E-state index in [2.05, 4.69) is 53.3 Å². The second-order valence-electron chi connectivity index (χ2n) is 3.62. The molecule has 0 spiro atoms. The number of para-hydroxylation sites is 1. The molecule has 1 aliphatic heterocycles. The summed E-state index contributed by atoms with van der Waals surface area (Å²) in [4.78, 5) is 0. The predicted molar refractivity (Wildman–Crippen MR) is 60.4 cm³/mol. The molecule has 0 saturated carbocycles. The summed E-state index contributed by atoms with van der Waals surface area (Å²) in [6, 6.07) is 8.50. The highest BCUT2D eigenvalue weighted by molar-refractivity contribution is 5.96. The summed E-state index contributed by atoms with van der Waals surface area (Å²) in [5, 5.41) is 4.72. The van der Waals surface area contributed by atoms with Gasteiger partial charge in [0.1, 0.15) is 5.82 Å². The summed E-state index contributed by atoms with van der Waals surface area (Å²) >= 11 is 0. The van der Waals surface area contributed by atoms with Gasteiger partial charge in [0.2, 0.25) is 0 Å². The molecule has 2 heterocycles. The lowest BCUT2D eigenvalue weighted by Crippen LogP contribution is -2.07. The zero-order valence-electron chi connectivity index (χ0n) is 8.12. The minimum Gasteiger partial charge on any atom is -0.367 e. The number of hydrogen-bond acceptors (Lipinski definition) is 1. The van der Waals surface area contributed by atoms with Crippen molar-refractivity contribution in [2.75, 3.05) is 11.9 Å². The second kappa shape index (κ2) is 2.64. The average molecular weight is 184 g/mol. The average Bonchev–Trinajstić information content (AvgIpc) is 2.55. The maximum absolute atomic E-state index is 3.40. The standard InChI is InChI=1S/C12H12N2/c1-14-11-7-3-2-5-9(11)10-6-4-8-13-12(10)14/h2-7,13H,8H2,1H3. The number of benzene rings is 1. The van der Waals surface area contributed by atoms with E-state index < -0.39 is 0 Å². The number of nitrogens with zero attached hydrogens (tertiary/aromatic N) is 1. The Morgan fingerprint density at radius 2 is 2.14 bits per heavy atom. The summed E-state index contributed by atoms with van der Waals surface area (Å²) in [5.74, 6) is 1.23. The Hall–Kier alpha value is -1.70. The van der Waals surface area contributed by atoms with Gasteiger partial charge in [0, 0.05) is 30.1 Å². The zero-order chi connectivity index (χ0) is 9.54. The van der Waals surface area contributed by atoms with Gasteiger partial charge in [0.05, 0.1) is 0 Å². The SMILES string of the molecule is Cn1c2c(c3ccccc31)C=CCN2. The van der Waals surface area contributed by atoms with Crippen molar-refractivity contribution in [1.29, 1.82) is 0 Å². The summed E-state index contributed by atoms with van der Waals surface area (Å²) < 4.78 is 2.22. The smallest absolute Gasteiger partial charge is 0.114 e. The molecule has 0 saturated heterocycles. The van der Waals surface area contributed by atoms with E-state index in [0.29, 0.717) is 0 Å². The van der Waals surface area contributed by atoms with Crippen molar-refractivity contribution >= 4 is 22.8 Å². The van der Waals surface area contributed by atoms with Crippen molar-refractivity contribution < 1.29 is 0 Å². The van der Waals surface area contributed by atoms with Gasteiger partial charge in [-0.25, -0.2) is 0 Å². The molecule has 14 heavy (non-hydrogen) atoms. The largest absolute Gasteiger partial charge is 0.367 e. The van der Waals surface area contributed by atoms with Crippen LogP contribution in [-0.4, -0.2) is 11.1 Å². The number of aromatic nitrogens is 1. The van der Waals surface area contributed by atoms with Crippen LogP contribution in [0.15, 0.2) is 30.3 Å². The molecule has 0 aliphatic carbocycles. The second-order valence-corrected chi connectivity index (χ2v) is 3.62. The number of hydrogen-bond donors (Lipinski definition) is 1. The predicted octanol–water partition coefficient (Wildman–Crippen LogP) is 2.62. The molecule has 2 aromatic rings. The maximum Gasteiger partial charge on any atom is 0.114 e. The minimum atomic E-state index is 0.928. The number of aryl methyl sites for hydroxylation is 1. The van der Waals surface area contributed by atoms with E-state index >= 15 is 0 Å². The molecule has 0 fully saturated rings. The van der Waals surface area contributed by atoms with Gasteiger partial charge in [0.25, 0.3) is 0 Å². The Morgan fingerprint density at radius 3 is 3.07 bits per heavy atom. The quantitative estimate of drug-likeness (QED) is 0.666. The van der Waals surface area contributed by atoms with Crippen molar-refractivity contribution in [2.24, 2.45) is 7.05 Å². The third-order valence-corrected chi connectivity index (χ3v) is 2.82. The number of nitrogens with one attached hydrogen (secondary N) is 1. The van der Waals surface area contributed by atoms with Crippen LogP contribution in [0.1, 0.15) is 5.56 Å². The van der Waals surface area contributed by atoms with Crippen molar-refractivity contribution in [3.8, 4) is 0 Å². The van der Waals surface area contributed by atoms with Crippen LogP contribution in [0.4, 0.5) is 5.82 Å². The molecule has 2 heteroatoms. The first-order valence-electron chi connectivity index (χ1n) is 4.86. The van der Waals surface area contributed by atoms with E-state index in [1.807, 2.05) is 0 Å². The van der Waals surface area contributed by atoms with Crippen LogP contribution in [0.3, 0.4) is 0 Å². The van der Waals surface area contributed by atoms with Crippen LogP contribution in [0.2, 0.25) is 0 Å². The highest BCUT2D eigenvalue weighted by Gasteiger charge is 2.13. The Kier molecular flexibility index (Phi) is 1.45. The molecule has 0 bridgehead atoms. The van der Waals surface area contributed by atoms with E-state index in [0.717, 1.165) is 6.54 Å². The Morgan fingerprint density at radius 1 is 1.29 bits per heavy atom. The summed E-state index contributed by atoms with van der Waals surface area (Å²) in [6.07, 6.45) is 4.36. The fourth-order valence-corrected chi connectivity index (χ4v) is 2.14. The van der Waals surface area contributed by atoms with Gasteiger partial charge in [-0.3, -0.25) is 0 Å². The first kappa shape index (κ1) is 7.68. The summed E-state index contributed by atoms with van der Waals surface area (Å²) in [7, 11) is 2.10.